The summed E-state index contributed by atoms with van der Waals surface area (Å²) in [7, 11) is 0. The first-order valence-electron chi connectivity index (χ1n) is 27.2. The zero-order valence-corrected chi connectivity index (χ0v) is 41.2. The minimum Gasteiger partial charge on any atom is -0.462 e. The van der Waals surface area contributed by atoms with Crippen LogP contribution in [0.4, 0.5) is 0 Å². The fourth-order valence-electron chi connectivity index (χ4n) is 8.14. The minimum atomic E-state index is -0.765. The third-order valence-corrected chi connectivity index (χ3v) is 12.3. The molecule has 0 aromatic rings. The van der Waals surface area contributed by atoms with Gasteiger partial charge in [-0.3, -0.25) is 14.4 Å². The Labute approximate surface area is 380 Å². The lowest BCUT2D eigenvalue weighted by molar-refractivity contribution is -0.167. The number of hydrogen-bond donors (Lipinski definition) is 0. The van der Waals surface area contributed by atoms with Crippen LogP contribution in [0.1, 0.15) is 303 Å². The van der Waals surface area contributed by atoms with Crippen LogP contribution >= 0.6 is 0 Å². The Bertz CT molecular complexity index is 947. The monoisotopic (exact) mass is 861 g/mol. The molecule has 0 radical (unpaired) electrons. The van der Waals surface area contributed by atoms with Gasteiger partial charge in [-0.1, -0.05) is 251 Å². The van der Waals surface area contributed by atoms with Gasteiger partial charge in [0.05, 0.1) is 0 Å². The van der Waals surface area contributed by atoms with E-state index in [1.165, 1.54) is 193 Å². The molecule has 61 heavy (non-hydrogen) atoms. The highest BCUT2D eigenvalue weighted by molar-refractivity contribution is 5.71. The number of ether oxygens (including phenoxy) is 3. The quantitative estimate of drug-likeness (QED) is 0.0262. The summed E-state index contributed by atoms with van der Waals surface area (Å²) in [6, 6.07) is 0. The number of unbranched alkanes of at least 4 members (excludes halogenated alkanes) is 37. The van der Waals surface area contributed by atoms with Crippen molar-refractivity contribution in [1.82, 2.24) is 0 Å². The molecule has 1 unspecified atom stereocenters. The van der Waals surface area contributed by atoms with Crippen LogP contribution in [-0.4, -0.2) is 37.2 Å². The summed E-state index contributed by atoms with van der Waals surface area (Å²) >= 11 is 0. The van der Waals surface area contributed by atoms with Crippen LogP contribution in [0.2, 0.25) is 0 Å². The normalized spacial score (nSPS) is 12.0. The van der Waals surface area contributed by atoms with Gasteiger partial charge in [-0.2, -0.15) is 0 Å². The molecule has 0 aliphatic carbocycles. The van der Waals surface area contributed by atoms with Gasteiger partial charge in [-0.05, 0) is 44.9 Å². The van der Waals surface area contributed by atoms with Crippen molar-refractivity contribution in [3.63, 3.8) is 0 Å². The standard InChI is InChI=1S/C55H104O6/c1-4-7-10-13-15-17-19-21-22-23-24-25-26-27-28-29-30-31-32-33-34-36-37-39-42-45-48-54(57)60-51-52(50-59-53(56)47-44-41-12-9-6-3)61-55(58)49-46-43-40-38-35-20-18-16-14-11-8-5-2/h16,18,52H,4-15,17,19-51H2,1-3H3/b18-16-. The number of carbonyl (C=O) groups excluding carboxylic acids is 3. The summed E-state index contributed by atoms with van der Waals surface area (Å²) in [5.74, 6) is -0.879. The SMILES string of the molecule is CCCCC/C=C\CCCCCCCC(=O)OC(COC(=O)CCCCCCC)COC(=O)CCCCCCCCCCCCCCCCCCCCCCCCCCCC. The maximum Gasteiger partial charge on any atom is 0.306 e. The predicted molar refractivity (Wildman–Crippen MR) is 261 cm³/mol. The molecule has 0 fully saturated rings. The van der Waals surface area contributed by atoms with Crippen LogP contribution in [0.3, 0.4) is 0 Å². The molecule has 0 rings (SSSR count). The fraction of sp³-hybridized carbons (Fsp3) is 0.909. The van der Waals surface area contributed by atoms with Crippen molar-refractivity contribution in [3.05, 3.63) is 12.2 Å². The van der Waals surface area contributed by atoms with Gasteiger partial charge in [0.25, 0.3) is 0 Å². The van der Waals surface area contributed by atoms with E-state index in [-0.39, 0.29) is 31.1 Å². The van der Waals surface area contributed by atoms with Crippen LogP contribution in [0.25, 0.3) is 0 Å². The van der Waals surface area contributed by atoms with Crippen molar-refractivity contribution >= 4 is 17.9 Å². The third-order valence-electron chi connectivity index (χ3n) is 12.3. The first kappa shape index (κ1) is 59.1. The van der Waals surface area contributed by atoms with Crippen LogP contribution < -0.4 is 0 Å². The molecule has 0 aliphatic heterocycles. The van der Waals surface area contributed by atoms with Crippen molar-refractivity contribution in [1.29, 1.82) is 0 Å². The van der Waals surface area contributed by atoms with Crippen molar-refractivity contribution in [2.45, 2.75) is 309 Å². The summed E-state index contributed by atoms with van der Waals surface area (Å²) in [5.41, 5.74) is 0. The van der Waals surface area contributed by atoms with Crippen LogP contribution in [0.15, 0.2) is 12.2 Å². The molecule has 0 saturated heterocycles. The smallest absolute Gasteiger partial charge is 0.306 e. The zero-order valence-electron chi connectivity index (χ0n) is 41.2. The van der Waals surface area contributed by atoms with Crippen LogP contribution in [0, 0.1) is 0 Å². The van der Waals surface area contributed by atoms with Crippen LogP contribution in [-0.2, 0) is 28.6 Å². The van der Waals surface area contributed by atoms with Gasteiger partial charge in [-0.25, -0.2) is 0 Å². The zero-order chi connectivity index (χ0) is 44.4. The van der Waals surface area contributed by atoms with E-state index in [4.69, 9.17) is 14.2 Å². The Balaban J connectivity index is 3.95. The second kappa shape index (κ2) is 50.8. The lowest BCUT2D eigenvalue weighted by Gasteiger charge is -2.18. The van der Waals surface area contributed by atoms with E-state index < -0.39 is 6.10 Å². The molecule has 6 heteroatoms. The maximum atomic E-state index is 12.7. The van der Waals surface area contributed by atoms with E-state index in [0.717, 1.165) is 70.6 Å². The summed E-state index contributed by atoms with van der Waals surface area (Å²) in [6.45, 7) is 6.56. The average Bonchev–Trinajstić information content (AvgIpc) is 3.26. The molecule has 360 valence electrons. The first-order chi connectivity index (χ1) is 30.0. The predicted octanol–water partition coefficient (Wildman–Crippen LogP) is 17.8. The topological polar surface area (TPSA) is 78.9 Å². The number of hydrogen-bond acceptors (Lipinski definition) is 6. The molecule has 0 aromatic heterocycles. The molecule has 6 nitrogen and oxygen atoms in total. The van der Waals surface area contributed by atoms with Crippen molar-refractivity contribution < 1.29 is 28.6 Å². The lowest BCUT2D eigenvalue weighted by atomic mass is 10.0. The first-order valence-corrected chi connectivity index (χ1v) is 27.2. The molecular formula is C55H104O6. The highest BCUT2D eigenvalue weighted by Gasteiger charge is 2.19. The molecule has 0 heterocycles. The Kier molecular flexibility index (Phi) is 49.3. The number of esters is 3. The van der Waals surface area contributed by atoms with Gasteiger partial charge in [0, 0.05) is 19.3 Å². The Morgan fingerprint density at radius 3 is 0.852 bits per heavy atom. The van der Waals surface area contributed by atoms with Gasteiger partial charge in [0.15, 0.2) is 6.10 Å². The maximum absolute atomic E-state index is 12.7. The second-order valence-electron chi connectivity index (χ2n) is 18.5. The van der Waals surface area contributed by atoms with Gasteiger partial charge >= 0.3 is 17.9 Å². The lowest BCUT2D eigenvalue weighted by Crippen LogP contribution is -2.30. The van der Waals surface area contributed by atoms with Gasteiger partial charge in [-0.15, -0.1) is 0 Å². The summed E-state index contributed by atoms with van der Waals surface area (Å²) in [6.07, 6.45) is 56.9. The summed E-state index contributed by atoms with van der Waals surface area (Å²) in [4.78, 5) is 37.6. The highest BCUT2D eigenvalue weighted by Crippen LogP contribution is 2.17. The molecule has 0 N–H and O–H groups in total. The Morgan fingerprint density at radius 1 is 0.311 bits per heavy atom. The Morgan fingerprint density at radius 2 is 0.541 bits per heavy atom. The average molecular weight is 861 g/mol. The molecular weight excluding hydrogens is 757 g/mol. The summed E-state index contributed by atoms with van der Waals surface area (Å²) in [5, 5.41) is 0. The molecule has 0 aliphatic rings. The van der Waals surface area contributed by atoms with E-state index >= 15 is 0 Å². The van der Waals surface area contributed by atoms with E-state index in [0.29, 0.717) is 19.3 Å². The minimum absolute atomic E-state index is 0.0697. The van der Waals surface area contributed by atoms with E-state index in [1.54, 1.807) is 0 Å². The largest absolute Gasteiger partial charge is 0.462 e. The van der Waals surface area contributed by atoms with Crippen LogP contribution in [0.5, 0.6) is 0 Å². The van der Waals surface area contributed by atoms with Crippen molar-refractivity contribution in [2.24, 2.45) is 0 Å². The molecule has 0 spiro atoms. The molecule has 0 amide bonds. The van der Waals surface area contributed by atoms with Crippen molar-refractivity contribution in [2.75, 3.05) is 13.2 Å². The van der Waals surface area contributed by atoms with E-state index in [1.807, 2.05) is 0 Å². The number of carbonyl (C=O) groups is 3. The highest BCUT2D eigenvalue weighted by atomic mass is 16.6. The molecule has 0 bridgehead atoms. The van der Waals surface area contributed by atoms with E-state index in [2.05, 4.69) is 32.9 Å². The third kappa shape index (κ3) is 49.0. The number of rotatable bonds is 50. The molecule has 0 aromatic carbocycles. The molecule has 0 saturated carbocycles. The second-order valence-corrected chi connectivity index (χ2v) is 18.5. The summed E-state index contributed by atoms with van der Waals surface area (Å²) < 4.78 is 16.7. The fourth-order valence-corrected chi connectivity index (χ4v) is 8.14. The van der Waals surface area contributed by atoms with Gasteiger partial charge < -0.3 is 14.2 Å². The molecule has 1 atom stereocenters. The Hall–Kier alpha value is -1.85. The van der Waals surface area contributed by atoms with Crippen molar-refractivity contribution in [3.8, 4) is 0 Å². The van der Waals surface area contributed by atoms with Gasteiger partial charge in [0.2, 0.25) is 0 Å². The number of allylic oxidation sites excluding steroid dienone is 2. The van der Waals surface area contributed by atoms with E-state index in [9.17, 15) is 14.4 Å². The van der Waals surface area contributed by atoms with Gasteiger partial charge in [0.1, 0.15) is 13.2 Å².